The highest BCUT2D eigenvalue weighted by Crippen LogP contribution is 2.24. The van der Waals surface area contributed by atoms with Crippen LogP contribution in [0.15, 0.2) is 75.1 Å². The van der Waals surface area contributed by atoms with Crippen LogP contribution in [0.3, 0.4) is 0 Å². The Morgan fingerprint density at radius 1 is 1.10 bits per heavy atom. The van der Waals surface area contributed by atoms with Crippen LogP contribution in [-0.2, 0) is 9.53 Å². The molecule has 0 bridgehead atoms. The van der Waals surface area contributed by atoms with E-state index in [0.29, 0.717) is 23.7 Å². The minimum Gasteiger partial charge on any atom is -0.462 e. The van der Waals surface area contributed by atoms with Gasteiger partial charge < -0.3 is 9.15 Å². The quantitative estimate of drug-likeness (QED) is 0.231. The zero-order valence-corrected chi connectivity index (χ0v) is 18.4. The molecule has 31 heavy (non-hydrogen) atoms. The third-order valence-electron chi connectivity index (χ3n) is 4.38. The first-order valence-electron chi connectivity index (χ1n) is 9.90. The molecule has 1 heterocycles. The van der Waals surface area contributed by atoms with E-state index in [-0.39, 0.29) is 17.1 Å². The molecule has 0 saturated heterocycles. The van der Waals surface area contributed by atoms with Gasteiger partial charge in [0.05, 0.1) is 23.6 Å². The number of aryl methyl sites for hydroxylation is 1. The van der Waals surface area contributed by atoms with Crippen LogP contribution in [0.25, 0.3) is 11.3 Å². The minimum absolute atomic E-state index is 0.192. The van der Waals surface area contributed by atoms with Crippen LogP contribution in [0.4, 0.5) is 0 Å². The first kappa shape index (κ1) is 22.4. The van der Waals surface area contributed by atoms with Crippen LogP contribution >= 0.6 is 11.8 Å². The van der Waals surface area contributed by atoms with Crippen LogP contribution < -0.4 is 5.43 Å². The summed E-state index contributed by atoms with van der Waals surface area (Å²) in [5, 5.41) is 3.70. The molecule has 7 heteroatoms. The van der Waals surface area contributed by atoms with Gasteiger partial charge in [0.15, 0.2) is 0 Å². The van der Waals surface area contributed by atoms with Gasteiger partial charge in [0.2, 0.25) is 0 Å². The summed E-state index contributed by atoms with van der Waals surface area (Å²) in [4.78, 5) is 25.0. The van der Waals surface area contributed by atoms with Crippen molar-refractivity contribution in [2.24, 2.45) is 5.10 Å². The number of furan rings is 1. The number of nitrogens with one attached hydrogen (secondary N) is 1. The first-order chi connectivity index (χ1) is 15.0. The van der Waals surface area contributed by atoms with E-state index in [1.54, 1.807) is 43.3 Å². The summed E-state index contributed by atoms with van der Waals surface area (Å²) in [5.74, 6) is 0.588. The van der Waals surface area contributed by atoms with E-state index < -0.39 is 0 Å². The summed E-state index contributed by atoms with van der Waals surface area (Å²) < 4.78 is 10.7. The number of carbonyl (C=O) groups excluding carboxylic acids is 2. The van der Waals surface area contributed by atoms with Gasteiger partial charge in [0.1, 0.15) is 11.5 Å². The number of ether oxygens (including phenoxy) is 1. The van der Waals surface area contributed by atoms with E-state index in [9.17, 15) is 9.59 Å². The predicted octanol–water partition coefficient (Wildman–Crippen LogP) is 5.06. The predicted molar refractivity (Wildman–Crippen MR) is 122 cm³/mol. The van der Waals surface area contributed by atoms with Gasteiger partial charge in [-0.15, -0.1) is 11.8 Å². The highest BCUT2D eigenvalue weighted by molar-refractivity contribution is 8.00. The monoisotopic (exact) mass is 436 g/mol. The smallest absolute Gasteiger partial charge is 0.338 e. The fourth-order valence-electron chi connectivity index (χ4n) is 2.69. The number of thioether (sulfide) groups is 1. The lowest BCUT2D eigenvalue weighted by Gasteiger charge is -2.09. The number of esters is 1. The third-order valence-corrected chi connectivity index (χ3v) is 5.49. The van der Waals surface area contributed by atoms with Gasteiger partial charge in [-0.05, 0) is 57.2 Å². The number of hydrogen-bond donors (Lipinski definition) is 1. The van der Waals surface area contributed by atoms with E-state index >= 15 is 0 Å². The van der Waals surface area contributed by atoms with Crippen LogP contribution in [0.5, 0.6) is 0 Å². The molecule has 0 aliphatic carbocycles. The lowest BCUT2D eigenvalue weighted by atomic mass is 10.1. The number of carbonyl (C=O) groups is 2. The largest absolute Gasteiger partial charge is 0.462 e. The Kier molecular flexibility index (Phi) is 7.67. The van der Waals surface area contributed by atoms with Gasteiger partial charge in [-0.25, -0.2) is 10.2 Å². The van der Waals surface area contributed by atoms with E-state index in [4.69, 9.17) is 9.15 Å². The van der Waals surface area contributed by atoms with Crippen LogP contribution in [0.2, 0.25) is 0 Å². The molecule has 1 amide bonds. The number of nitrogens with zero attached hydrogens (tertiary/aromatic N) is 1. The molecule has 0 saturated carbocycles. The van der Waals surface area contributed by atoms with Gasteiger partial charge in [-0.2, -0.15) is 5.10 Å². The second-order valence-corrected chi connectivity index (χ2v) is 8.22. The number of hydrogen-bond acceptors (Lipinski definition) is 6. The van der Waals surface area contributed by atoms with E-state index in [1.165, 1.54) is 23.5 Å². The zero-order valence-electron chi connectivity index (χ0n) is 17.6. The SMILES string of the molecule is CCOC(=O)c1ccc(-c2ccc(/C=N\NC(=O)[C@H](C)Sc3ccc(C)cc3)o2)cc1. The molecule has 0 unspecified atom stereocenters. The summed E-state index contributed by atoms with van der Waals surface area (Å²) in [6.45, 7) is 5.96. The molecule has 1 aromatic heterocycles. The highest BCUT2D eigenvalue weighted by Gasteiger charge is 2.14. The molecule has 3 rings (SSSR count). The molecule has 3 aromatic rings. The lowest BCUT2D eigenvalue weighted by molar-refractivity contribution is -0.120. The molecule has 0 aliphatic rings. The Bertz CT molecular complexity index is 1060. The summed E-state index contributed by atoms with van der Waals surface area (Å²) in [5.41, 5.74) is 5.03. The number of hydrazone groups is 1. The Morgan fingerprint density at radius 3 is 2.48 bits per heavy atom. The van der Waals surface area contributed by atoms with Gasteiger partial charge in [-0.3, -0.25) is 4.79 Å². The number of benzene rings is 2. The average molecular weight is 437 g/mol. The normalized spacial score (nSPS) is 12.0. The maximum Gasteiger partial charge on any atom is 0.338 e. The molecule has 0 radical (unpaired) electrons. The fraction of sp³-hybridized carbons (Fsp3) is 0.208. The van der Waals surface area contributed by atoms with Gasteiger partial charge in [-0.1, -0.05) is 29.8 Å². The summed E-state index contributed by atoms with van der Waals surface area (Å²) >= 11 is 1.47. The first-order valence-corrected chi connectivity index (χ1v) is 10.8. The lowest BCUT2D eigenvalue weighted by Crippen LogP contribution is -2.26. The Hall–Kier alpha value is -3.32. The summed E-state index contributed by atoms with van der Waals surface area (Å²) in [6.07, 6.45) is 1.46. The molecule has 6 nitrogen and oxygen atoms in total. The summed E-state index contributed by atoms with van der Waals surface area (Å²) in [7, 11) is 0. The van der Waals surface area contributed by atoms with Crippen molar-refractivity contribution in [1.82, 2.24) is 5.43 Å². The molecule has 1 atom stereocenters. The van der Waals surface area contributed by atoms with Crippen molar-refractivity contribution in [2.45, 2.75) is 30.9 Å². The van der Waals surface area contributed by atoms with Crippen LogP contribution in [0.1, 0.15) is 35.5 Å². The third kappa shape index (κ3) is 6.33. The van der Waals surface area contributed by atoms with Gasteiger partial charge >= 0.3 is 5.97 Å². The Balaban J connectivity index is 1.54. The van der Waals surface area contributed by atoms with Crippen molar-refractivity contribution in [3.05, 3.63) is 77.6 Å². The summed E-state index contributed by atoms with van der Waals surface area (Å²) in [6, 6.07) is 18.6. The topological polar surface area (TPSA) is 80.9 Å². The van der Waals surface area contributed by atoms with Crippen molar-refractivity contribution in [3.63, 3.8) is 0 Å². The van der Waals surface area contributed by atoms with Crippen molar-refractivity contribution >= 4 is 29.9 Å². The standard InChI is InChI=1S/C24H24N2O4S/c1-4-29-24(28)19-9-7-18(8-10-19)22-14-11-20(30-22)15-25-26-23(27)17(3)31-21-12-5-16(2)6-13-21/h5-15,17H,4H2,1-3H3,(H,26,27)/b25-15-/t17-/m0/s1. The molecular formula is C24H24N2O4S. The fourth-order valence-corrected chi connectivity index (χ4v) is 3.55. The zero-order chi connectivity index (χ0) is 22.2. The Labute approximate surface area is 185 Å². The maximum absolute atomic E-state index is 12.3. The van der Waals surface area contributed by atoms with Crippen molar-refractivity contribution in [2.75, 3.05) is 6.61 Å². The van der Waals surface area contributed by atoms with E-state index in [2.05, 4.69) is 10.5 Å². The van der Waals surface area contributed by atoms with Gasteiger partial charge in [0.25, 0.3) is 5.91 Å². The van der Waals surface area contributed by atoms with E-state index in [1.807, 2.05) is 38.1 Å². The molecule has 0 fully saturated rings. The maximum atomic E-state index is 12.3. The molecular weight excluding hydrogens is 412 g/mol. The average Bonchev–Trinajstić information content (AvgIpc) is 3.24. The van der Waals surface area contributed by atoms with E-state index in [0.717, 1.165) is 10.5 Å². The van der Waals surface area contributed by atoms with Crippen LogP contribution in [0, 0.1) is 6.92 Å². The second-order valence-electron chi connectivity index (χ2n) is 6.81. The molecule has 160 valence electrons. The van der Waals surface area contributed by atoms with Crippen molar-refractivity contribution < 1.29 is 18.7 Å². The second kappa shape index (κ2) is 10.6. The number of amides is 1. The van der Waals surface area contributed by atoms with Crippen molar-refractivity contribution in [1.29, 1.82) is 0 Å². The molecule has 0 spiro atoms. The molecule has 0 aliphatic heterocycles. The minimum atomic E-state index is -0.355. The molecule has 2 aromatic carbocycles. The van der Waals surface area contributed by atoms with Crippen LogP contribution in [-0.4, -0.2) is 29.9 Å². The Morgan fingerprint density at radius 2 is 1.81 bits per heavy atom. The van der Waals surface area contributed by atoms with Gasteiger partial charge in [0, 0.05) is 10.5 Å². The number of rotatable bonds is 8. The highest BCUT2D eigenvalue weighted by atomic mass is 32.2. The molecule has 1 N–H and O–H groups in total. The van der Waals surface area contributed by atoms with Crippen molar-refractivity contribution in [3.8, 4) is 11.3 Å².